The van der Waals surface area contributed by atoms with Gasteiger partial charge < -0.3 is 4.74 Å². The third-order valence-corrected chi connectivity index (χ3v) is 4.88. The average molecular weight is 420 g/mol. The van der Waals surface area contributed by atoms with Crippen molar-refractivity contribution >= 4 is 46.1 Å². The summed E-state index contributed by atoms with van der Waals surface area (Å²) in [6.07, 6.45) is 3.38. The maximum Gasteiger partial charge on any atom is 0.340 e. The van der Waals surface area contributed by atoms with Crippen molar-refractivity contribution in [2.45, 2.75) is 0 Å². The third kappa shape index (κ3) is 3.90. The molecule has 0 aliphatic carbocycles. The number of carbonyl (C=O) groups excluding carboxylic acids is 2. The number of carbonyl (C=O) groups is 2. The molecule has 0 unspecified atom stereocenters. The van der Waals surface area contributed by atoms with Crippen molar-refractivity contribution in [1.29, 1.82) is 0 Å². The van der Waals surface area contributed by atoms with Gasteiger partial charge in [0.2, 0.25) is 10.9 Å². The number of halogens is 1. The Hall–Kier alpha value is -3.17. The largest absolute Gasteiger partial charge is 0.465 e. The summed E-state index contributed by atoms with van der Waals surface area (Å²) in [7, 11) is -2.01. The first kappa shape index (κ1) is 19.6. The van der Waals surface area contributed by atoms with Gasteiger partial charge in [-0.15, -0.1) is 0 Å². The molecule has 0 aliphatic heterocycles. The van der Waals surface area contributed by atoms with Gasteiger partial charge in [0, 0.05) is 10.6 Å². The second-order valence-electron chi connectivity index (χ2n) is 5.56. The van der Waals surface area contributed by atoms with Crippen LogP contribution in [-0.2, 0) is 15.6 Å². The molecule has 0 atom stereocenters. The predicted molar refractivity (Wildman–Crippen MR) is 104 cm³/mol. The van der Waals surface area contributed by atoms with Crippen LogP contribution in [0.2, 0.25) is 5.02 Å². The van der Waals surface area contributed by atoms with Gasteiger partial charge in [0.25, 0.3) is 0 Å². The summed E-state index contributed by atoms with van der Waals surface area (Å²) in [6, 6.07) is 10.8. The van der Waals surface area contributed by atoms with Crippen molar-refractivity contribution in [1.82, 2.24) is 9.78 Å². The predicted octanol–water partition coefficient (Wildman–Crippen LogP) is 2.79. The maximum absolute atomic E-state index is 12.1. The van der Waals surface area contributed by atoms with Crippen molar-refractivity contribution in [3.05, 3.63) is 71.0 Å². The highest BCUT2D eigenvalue weighted by molar-refractivity contribution is 7.74. The second kappa shape index (κ2) is 8.24. The standard InChI is InChI=1S/C18H14ClN3O5S/c1-27-18(24)16-8-12(11-23)2-7-17(16)22(28(25)26)15-9-20-21(10-15)14-5-3-13(19)4-6-14/h2-11,28H,1H3. The van der Waals surface area contributed by atoms with E-state index in [1.807, 2.05) is 0 Å². The van der Waals surface area contributed by atoms with Crippen LogP contribution in [-0.4, -0.2) is 37.6 Å². The molecule has 8 nitrogen and oxygen atoms in total. The quantitative estimate of drug-likeness (QED) is 0.375. The summed E-state index contributed by atoms with van der Waals surface area (Å²) < 4.78 is 31.1. The van der Waals surface area contributed by atoms with Crippen LogP contribution < -0.4 is 4.31 Å². The number of methoxy groups -OCH3 is 1. The lowest BCUT2D eigenvalue weighted by Gasteiger charge is -2.18. The number of esters is 1. The van der Waals surface area contributed by atoms with Crippen molar-refractivity contribution in [2.24, 2.45) is 0 Å². The molecule has 10 heteroatoms. The summed E-state index contributed by atoms with van der Waals surface area (Å²) in [5, 5.41) is 4.72. The van der Waals surface area contributed by atoms with Crippen LogP contribution in [0.25, 0.3) is 5.69 Å². The summed E-state index contributed by atoms with van der Waals surface area (Å²) in [5.74, 6) is -0.773. The lowest BCUT2D eigenvalue weighted by molar-refractivity contribution is 0.0601. The number of aldehydes is 1. The highest BCUT2D eigenvalue weighted by Crippen LogP contribution is 2.30. The number of aromatic nitrogens is 2. The molecular weight excluding hydrogens is 406 g/mol. The molecule has 0 aliphatic rings. The molecule has 1 heterocycles. The topological polar surface area (TPSA) is 98.6 Å². The van der Waals surface area contributed by atoms with Gasteiger partial charge in [0.05, 0.1) is 42.1 Å². The van der Waals surface area contributed by atoms with Crippen LogP contribution in [0.1, 0.15) is 20.7 Å². The number of anilines is 2. The molecule has 3 aromatic rings. The van der Waals surface area contributed by atoms with Gasteiger partial charge in [-0.25, -0.2) is 22.2 Å². The van der Waals surface area contributed by atoms with E-state index in [-0.39, 0.29) is 22.5 Å². The molecule has 0 radical (unpaired) electrons. The summed E-state index contributed by atoms with van der Waals surface area (Å²) in [5.41, 5.74) is 1.06. The first-order chi connectivity index (χ1) is 13.4. The number of hydrogen-bond donors (Lipinski definition) is 1. The Labute approximate surface area is 167 Å². The number of ether oxygens (including phenoxy) is 1. The molecule has 0 fully saturated rings. The summed E-state index contributed by atoms with van der Waals surface area (Å²) >= 11 is 5.88. The fraction of sp³-hybridized carbons (Fsp3) is 0.0556. The number of rotatable bonds is 6. The number of benzene rings is 2. The van der Waals surface area contributed by atoms with E-state index in [1.54, 1.807) is 24.3 Å². The fourth-order valence-corrected chi connectivity index (χ4v) is 3.33. The van der Waals surface area contributed by atoms with Crippen LogP contribution >= 0.6 is 11.6 Å². The molecule has 0 saturated heterocycles. The maximum atomic E-state index is 12.1. The Morgan fingerprint density at radius 1 is 1.21 bits per heavy atom. The van der Waals surface area contributed by atoms with Crippen LogP contribution in [0.15, 0.2) is 54.9 Å². The Morgan fingerprint density at radius 3 is 2.54 bits per heavy atom. The molecule has 3 rings (SSSR count). The van der Waals surface area contributed by atoms with Crippen molar-refractivity contribution in [3.8, 4) is 5.69 Å². The highest BCUT2D eigenvalue weighted by atomic mass is 35.5. The summed E-state index contributed by atoms with van der Waals surface area (Å²) in [6.45, 7) is 0. The highest BCUT2D eigenvalue weighted by Gasteiger charge is 2.22. The van der Waals surface area contributed by atoms with Crippen LogP contribution in [0.5, 0.6) is 0 Å². The Balaban J connectivity index is 2.10. The van der Waals surface area contributed by atoms with Crippen LogP contribution in [0, 0.1) is 0 Å². The van der Waals surface area contributed by atoms with E-state index in [2.05, 4.69) is 5.10 Å². The average Bonchev–Trinajstić information content (AvgIpc) is 3.17. The normalized spacial score (nSPS) is 10.7. The van der Waals surface area contributed by atoms with Gasteiger partial charge in [-0.1, -0.05) is 11.6 Å². The molecular formula is C18H14ClN3O5S. The molecule has 0 spiro atoms. The SMILES string of the molecule is COC(=O)c1cc(C=O)ccc1N(c1cnn(-c2ccc(Cl)cc2)c1)[SH](=O)=O. The van der Waals surface area contributed by atoms with E-state index in [4.69, 9.17) is 16.3 Å². The van der Waals surface area contributed by atoms with E-state index in [0.29, 0.717) is 17.0 Å². The minimum absolute atomic E-state index is 0.0456. The van der Waals surface area contributed by atoms with Crippen LogP contribution in [0.3, 0.4) is 0 Å². The molecule has 0 amide bonds. The second-order valence-corrected chi connectivity index (χ2v) is 6.87. The smallest absolute Gasteiger partial charge is 0.340 e. The van der Waals surface area contributed by atoms with Gasteiger partial charge in [-0.3, -0.25) is 4.79 Å². The van der Waals surface area contributed by atoms with E-state index < -0.39 is 16.9 Å². The molecule has 1 aromatic heterocycles. The van der Waals surface area contributed by atoms with E-state index >= 15 is 0 Å². The zero-order valence-electron chi connectivity index (χ0n) is 14.5. The number of hydrogen-bond acceptors (Lipinski definition) is 6. The molecule has 0 saturated carbocycles. The van der Waals surface area contributed by atoms with Gasteiger partial charge in [0.1, 0.15) is 6.29 Å². The lowest BCUT2D eigenvalue weighted by atomic mass is 10.1. The zero-order chi connectivity index (χ0) is 20.3. The van der Waals surface area contributed by atoms with Gasteiger partial charge in [-0.05, 0) is 42.5 Å². The van der Waals surface area contributed by atoms with Crippen molar-refractivity contribution in [2.75, 3.05) is 11.4 Å². The van der Waals surface area contributed by atoms with Crippen molar-refractivity contribution in [3.63, 3.8) is 0 Å². The Bertz CT molecular complexity index is 1100. The first-order valence-electron chi connectivity index (χ1n) is 7.87. The van der Waals surface area contributed by atoms with E-state index in [9.17, 15) is 18.0 Å². The fourth-order valence-electron chi connectivity index (χ4n) is 2.56. The molecule has 2 aromatic carbocycles. The van der Waals surface area contributed by atoms with Crippen LogP contribution in [0.4, 0.5) is 11.4 Å². The first-order valence-corrected chi connectivity index (χ1v) is 9.38. The van der Waals surface area contributed by atoms with Crippen molar-refractivity contribution < 1.29 is 22.7 Å². The van der Waals surface area contributed by atoms with Gasteiger partial charge in [0.15, 0.2) is 0 Å². The lowest BCUT2D eigenvalue weighted by Crippen LogP contribution is -2.18. The van der Waals surface area contributed by atoms with E-state index in [0.717, 1.165) is 4.31 Å². The third-order valence-electron chi connectivity index (χ3n) is 3.86. The monoisotopic (exact) mass is 419 g/mol. The molecule has 0 bridgehead atoms. The Morgan fingerprint density at radius 2 is 1.93 bits per heavy atom. The number of nitrogens with zero attached hydrogens (tertiary/aromatic N) is 3. The minimum Gasteiger partial charge on any atom is -0.465 e. The van der Waals surface area contributed by atoms with E-state index in [1.165, 1.54) is 42.4 Å². The number of thiol groups is 1. The molecule has 144 valence electrons. The van der Waals surface area contributed by atoms with Gasteiger partial charge in [-0.2, -0.15) is 5.10 Å². The summed E-state index contributed by atoms with van der Waals surface area (Å²) in [4.78, 5) is 23.2. The minimum atomic E-state index is -3.17. The zero-order valence-corrected chi connectivity index (χ0v) is 16.1. The molecule has 0 N–H and O–H groups in total. The van der Waals surface area contributed by atoms with Gasteiger partial charge >= 0.3 is 5.97 Å². The Kier molecular flexibility index (Phi) is 5.76. The molecule has 28 heavy (non-hydrogen) atoms.